The van der Waals surface area contributed by atoms with Crippen molar-refractivity contribution >= 4 is 55.3 Å². The molecule has 1 rings (SSSR count). The SMILES string of the molecule is C=CCSSC1=CN(SSCC=C)NS1. The molecule has 0 saturated carbocycles. The van der Waals surface area contributed by atoms with Crippen LogP contribution in [0.3, 0.4) is 0 Å². The van der Waals surface area contributed by atoms with Gasteiger partial charge in [-0.25, -0.2) is 4.41 Å². The topological polar surface area (TPSA) is 15.3 Å². The lowest BCUT2D eigenvalue weighted by Gasteiger charge is -2.10. The van der Waals surface area contributed by atoms with Gasteiger partial charge in [0.25, 0.3) is 0 Å². The van der Waals surface area contributed by atoms with Crippen molar-refractivity contribution in [3.8, 4) is 0 Å². The van der Waals surface area contributed by atoms with E-state index in [0.29, 0.717) is 0 Å². The summed E-state index contributed by atoms with van der Waals surface area (Å²) in [6.07, 6.45) is 5.92. The zero-order chi connectivity index (χ0) is 10.9. The fourth-order valence-electron chi connectivity index (χ4n) is 0.589. The monoisotopic (exact) mass is 296 g/mol. The van der Waals surface area contributed by atoms with Gasteiger partial charge in [0.1, 0.15) is 0 Å². The third kappa shape index (κ3) is 6.13. The van der Waals surface area contributed by atoms with Crippen LogP contribution in [-0.2, 0) is 0 Å². The Hall–Kier alpha value is 0.730. The van der Waals surface area contributed by atoms with Gasteiger partial charge in [-0.1, -0.05) is 33.7 Å². The van der Waals surface area contributed by atoms with E-state index in [0.717, 1.165) is 11.5 Å². The molecule has 84 valence electrons. The van der Waals surface area contributed by atoms with Crippen LogP contribution in [0.15, 0.2) is 35.7 Å². The molecule has 0 fully saturated rings. The summed E-state index contributed by atoms with van der Waals surface area (Å²) in [5.41, 5.74) is 0. The summed E-state index contributed by atoms with van der Waals surface area (Å²) in [6.45, 7) is 7.37. The van der Waals surface area contributed by atoms with Crippen molar-refractivity contribution in [3.63, 3.8) is 0 Å². The largest absolute Gasteiger partial charge is 0.236 e. The van der Waals surface area contributed by atoms with Gasteiger partial charge in [0.05, 0.1) is 10.4 Å². The number of hydrogen-bond donors (Lipinski definition) is 1. The van der Waals surface area contributed by atoms with E-state index in [4.69, 9.17) is 0 Å². The van der Waals surface area contributed by atoms with E-state index in [9.17, 15) is 0 Å². The molecule has 0 aliphatic carbocycles. The average Bonchev–Trinajstić information content (AvgIpc) is 2.67. The smallest absolute Gasteiger partial charge is 0.0866 e. The van der Waals surface area contributed by atoms with Gasteiger partial charge in [0.15, 0.2) is 0 Å². The van der Waals surface area contributed by atoms with E-state index in [1.54, 1.807) is 55.3 Å². The first-order valence-corrected chi connectivity index (χ1v) is 9.52. The number of hydrogen-bond acceptors (Lipinski definition) is 7. The summed E-state index contributed by atoms with van der Waals surface area (Å²) < 4.78 is 3.28. The molecule has 0 spiro atoms. The highest BCUT2D eigenvalue weighted by Crippen LogP contribution is 2.42. The van der Waals surface area contributed by atoms with Gasteiger partial charge in [-0.3, -0.25) is 0 Å². The fraction of sp³-hybridized carbons (Fsp3) is 0.250. The van der Waals surface area contributed by atoms with Crippen LogP contribution in [0.5, 0.6) is 0 Å². The van der Waals surface area contributed by atoms with Crippen LogP contribution in [-0.4, -0.2) is 15.9 Å². The summed E-state index contributed by atoms with van der Waals surface area (Å²) >= 11 is 1.64. The molecule has 1 heterocycles. The highest BCUT2D eigenvalue weighted by atomic mass is 33.1. The first-order valence-electron chi connectivity index (χ1n) is 4.11. The minimum Gasteiger partial charge on any atom is -0.236 e. The summed E-state index contributed by atoms with van der Waals surface area (Å²) in [5.74, 6) is 1.93. The third-order valence-electron chi connectivity index (χ3n) is 1.10. The highest BCUT2D eigenvalue weighted by Gasteiger charge is 2.13. The van der Waals surface area contributed by atoms with Crippen molar-refractivity contribution in [2.24, 2.45) is 0 Å². The molecule has 15 heavy (non-hydrogen) atoms. The standard InChI is InChI=1S/C8H12N2S5/c1-3-5-11-14-8-7-10(9-13-8)15-12-6-4-2/h3-4,7,9H,1-2,5-6H2. The number of nitrogens with zero attached hydrogens (tertiary/aromatic N) is 1. The van der Waals surface area contributed by atoms with Gasteiger partial charge in [-0.05, 0) is 22.7 Å². The normalized spacial score (nSPS) is 15.2. The van der Waals surface area contributed by atoms with Crippen molar-refractivity contribution in [2.75, 3.05) is 11.5 Å². The lowest BCUT2D eigenvalue weighted by Crippen LogP contribution is -2.13. The van der Waals surface area contributed by atoms with Crippen LogP contribution in [0, 0.1) is 0 Å². The quantitative estimate of drug-likeness (QED) is 0.307. The Morgan fingerprint density at radius 3 is 2.80 bits per heavy atom. The molecule has 0 atom stereocenters. The molecule has 0 aromatic rings. The van der Waals surface area contributed by atoms with Crippen LogP contribution in [0.4, 0.5) is 0 Å². The summed E-state index contributed by atoms with van der Waals surface area (Å²) in [4.78, 5) is 3.20. The van der Waals surface area contributed by atoms with Gasteiger partial charge < -0.3 is 0 Å². The summed E-state index contributed by atoms with van der Waals surface area (Å²) in [6, 6.07) is 0. The van der Waals surface area contributed by atoms with Crippen LogP contribution < -0.4 is 4.83 Å². The maximum atomic E-state index is 3.69. The molecule has 1 N–H and O–H groups in total. The number of hydrazine groups is 1. The second-order valence-corrected chi connectivity index (χ2v) is 8.00. The van der Waals surface area contributed by atoms with E-state index in [-0.39, 0.29) is 0 Å². The van der Waals surface area contributed by atoms with Gasteiger partial charge in [-0.2, -0.15) is 4.83 Å². The van der Waals surface area contributed by atoms with E-state index in [2.05, 4.69) is 24.2 Å². The minimum absolute atomic E-state index is 0.953. The van der Waals surface area contributed by atoms with Crippen molar-refractivity contribution in [3.05, 3.63) is 35.7 Å². The van der Waals surface area contributed by atoms with Crippen molar-refractivity contribution < 1.29 is 0 Å². The van der Waals surface area contributed by atoms with Crippen LogP contribution in [0.25, 0.3) is 0 Å². The van der Waals surface area contributed by atoms with E-state index in [1.165, 1.54) is 4.24 Å². The Bertz CT molecular complexity index is 243. The first kappa shape index (κ1) is 13.8. The predicted molar refractivity (Wildman–Crippen MR) is 81.1 cm³/mol. The predicted octanol–water partition coefficient (Wildman–Crippen LogP) is 4.30. The average molecular weight is 297 g/mol. The molecule has 1 aliphatic heterocycles. The highest BCUT2D eigenvalue weighted by molar-refractivity contribution is 8.80. The molecule has 0 unspecified atom stereocenters. The molecular formula is C8H12N2S5. The van der Waals surface area contributed by atoms with Crippen LogP contribution in [0.1, 0.15) is 0 Å². The zero-order valence-electron chi connectivity index (χ0n) is 8.05. The molecule has 1 aliphatic rings. The minimum atomic E-state index is 0.953. The Labute approximate surface area is 111 Å². The van der Waals surface area contributed by atoms with Gasteiger partial charge in [0.2, 0.25) is 0 Å². The molecule has 0 radical (unpaired) electrons. The summed E-state index contributed by atoms with van der Waals surface area (Å²) in [7, 11) is 7.00. The molecule has 0 bridgehead atoms. The maximum absolute atomic E-state index is 3.69. The van der Waals surface area contributed by atoms with E-state index >= 15 is 0 Å². The Kier molecular flexibility index (Phi) is 8.12. The Balaban J connectivity index is 2.15. The molecule has 0 aromatic carbocycles. The fourth-order valence-corrected chi connectivity index (χ4v) is 5.37. The maximum Gasteiger partial charge on any atom is 0.0866 e. The first-order chi connectivity index (χ1) is 7.36. The van der Waals surface area contributed by atoms with Crippen molar-refractivity contribution in [1.29, 1.82) is 0 Å². The molecule has 0 aromatic heterocycles. The van der Waals surface area contributed by atoms with Gasteiger partial charge >= 0.3 is 0 Å². The lowest BCUT2D eigenvalue weighted by molar-refractivity contribution is 0.626. The second kappa shape index (κ2) is 8.83. The van der Waals surface area contributed by atoms with E-state index < -0.39 is 0 Å². The molecule has 7 heteroatoms. The van der Waals surface area contributed by atoms with Crippen LogP contribution >= 0.6 is 55.3 Å². The number of rotatable bonds is 8. The Morgan fingerprint density at radius 1 is 1.33 bits per heavy atom. The Morgan fingerprint density at radius 2 is 2.07 bits per heavy atom. The molecule has 0 saturated heterocycles. The number of nitrogens with one attached hydrogen (secondary N) is 1. The van der Waals surface area contributed by atoms with Gasteiger partial charge in [-0.15, -0.1) is 13.2 Å². The molecule has 0 amide bonds. The zero-order valence-corrected chi connectivity index (χ0v) is 12.1. The molecular weight excluding hydrogens is 284 g/mol. The summed E-state index contributed by atoms with van der Waals surface area (Å²) in [5, 5.41) is 0. The second-order valence-electron chi connectivity index (χ2n) is 2.27. The molecule has 2 nitrogen and oxygen atoms in total. The van der Waals surface area contributed by atoms with Crippen molar-refractivity contribution in [1.82, 2.24) is 9.25 Å². The van der Waals surface area contributed by atoms with Crippen molar-refractivity contribution in [2.45, 2.75) is 0 Å². The van der Waals surface area contributed by atoms with Crippen LogP contribution in [0.2, 0.25) is 0 Å². The lowest BCUT2D eigenvalue weighted by atomic mass is 10.8. The van der Waals surface area contributed by atoms with E-state index in [1.807, 2.05) is 16.6 Å². The third-order valence-corrected chi connectivity index (χ3v) is 6.73. The van der Waals surface area contributed by atoms with Gasteiger partial charge in [0, 0.05) is 22.5 Å².